The molecule has 0 aliphatic heterocycles. The lowest BCUT2D eigenvalue weighted by Crippen LogP contribution is -2.31. The van der Waals surface area contributed by atoms with Crippen LogP contribution in [0.3, 0.4) is 0 Å². The number of unbranched alkanes of at least 4 members (excludes halogenated alkanes) is 18. The highest BCUT2D eigenvalue weighted by atomic mass is 16.6. The van der Waals surface area contributed by atoms with Gasteiger partial charge in [0.2, 0.25) is 0 Å². The van der Waals surface area contributed by atoms with Gasteiger partial charge >= 0.3 is 17.9 Å². The van der Waals surface area contributed by atoms with Gasteiger partial charge in [-0.1, -0.05) is 135 Å². The molecule has 1 atom stereocenters. The van der Waals surface area contributed by atoms with Crippen molar-refractivity contribution in [2.75, 3.05) is 13.2 Å². The number of carbonyl (C=O) groups excluding carboxylic acids is 3. The molecule has 0 aromatic carbocycles. The predicted octanol–water partition coefficient (Wildman–Crippen LogP) is 9.57. The normalized spacial score (nSPS) is 12.2. The van der Waals surface area contributed by atoms with E-state index >= 15 is 0 Å². The number of ether oxygens (including phenoxy) is 3. The van der Waals surface area contributed by atoms with Crippen LogP contribution in [0, 0.1) is 0 Å². The molecule has 0 radical (unpaired) electrons. The minimum atomic E-state index is -0.791. The van der Waals surface area contributed by atoms with E-state index in [1.165, 1.54) is 89.9 Å². The van der Waals surface area contributed by atoms with Gasteiger partial charge in [-0.25, -0.2) is 4.79 Å². The molecule has 0 aromatic heterocycles. The van der Waals surface area contributed by atoms with Crippen LogP contribution in [0.5, 0.6) is 0 Å². The molecular formula is C34H62O6. The van der Waals surface area contributed by atoms with Gasteiger partial charge in [0.25, 0.3) is 0 Å². The quantitative estimate of drug-likeness (QED) is 0.0406. The average Bonchev–Trinajstić information content (AvgIpc) is 2.95. The Morgan fingerprint density at radius 1 is 0.550 bits per heavy atom. The third-order valence-electron chi connectivity index (χ3n) is 7.35. The molecule has 6 heteroatoms. The first kappa shape index (κ1) is 38.1. The van der Waals surface area contributed by atoms with Crippen LogP contribution < -0.4 is 0 Å². The molecule has 0 unspecified atom stereocenters. The Hall–Kier alpha value is -1.85. The van der Waals surface area contributed by atoms with Crippen molar-refractivity contribution in [3.8, 4) is 0 Å². The molecule has 0 aromatic rings. The molecule has 0 spiro atoms. The molecule has 0 bridgehead atoms. The largest absolute Gasteiger partial charge is 0.462 e. The molecule has 0 saturated heterocycles. The van der Waals surface area contributed by atoms with Gasteiger partial charge in [-0.15, -0.1) is 0 Å². The first-order chi connectivity index (χ1) is 19.4. The van der Waals surface area contributed by atoms with E-state index in [9.17, 15) is 14.4 Å². The molecule has 0 heterocycles. The summed E-state index contributed by atoms with van der Waals surface area (Å²) in [5.41, 5.74) is 0.480. The fourth-order valence-corrected chi connectivity index (χ4v) is 4.53. The second-order valence-electron chi connectivity index (χ2n) is 11.2. The number of rotatable bonds is 28. The van der Waals surface area contributed by atoms with Crippen LogP contribution in [0.4, 0.5) is 0 Å². The lowest BCUT2D eigenvalue weighted by Gasteiger charge is -2.18. The third-order valence-corrected chi connectivity index (χ3v) is 7.35. The Kier molecular flexibility index (Phi) is 27.3. The maximum atomic E-state index is 12.4. The van der Waals surface area contributed by atoms with Gasteiger partial charge in [0.15, 0.2) is 6.10 Å². The molecule has 0 saturated carbocycles. The first-order valence-corrected chi connectivity index (χ1v) is 16.6. The molecule has 0 aliphatic carbocycles. The van der Waals surface area contributed by atoms with Crippen molar-refractivity contribution in [1.29, 1.82) is 0 Å². The number of esters is 3. The summed E-state index contributed by atoms with van der Waals surface area (Å²) in [5.74, 6) is -1.10. The van der Waals surface area contributed by atoms with Crippen molar-refractivity contribution in [2.45, 2.75) is 175 Å². The fourth-order valence-electron chi connectivity index (χ4n) is 4.53. The van der Waals surface area contributed by atoms with Crippen LogP contribution in [0.25, 0.3) is 0 Å². The van der Waals surface area contributed by atoms with Crippen molar-refractivity contribution < 1.29 is 28.6 Å². The third kappa shape index (κ3) is 25.1. The molecule has 6 nitrogen and oxygen atoms in total. The lowest BCUT2D eigenvalue weighted by atomic mass is 10.1. The highest BCUT2D eigenvalue weighted by Gasteiger charge is 2.19. The van der Waals surface area contributed by atoms with E-state index in [0.29, 0.717) is 18.4 Å². The minimum absolute atomic E-state index is 0.0947. The molecule has 0 amide bonds. The highest BCUT2D eigenvalue weighted by Crippen LogP contribution is 2.13. The molecule has 0 fully saturated rings. The van der Waals surface area contributed by atoms with Crippen molar-refractivity contribution in [2.24, 2.45) is 0 Å². The summed E-state index contributed by atoms with van der Waals surface area (Å²) in [6.45, 7) is 7.67. The topological polar surface area (TPSA) is 78.9 Å². The van der Waals surface area contributed by atoms with Crippen molar-refractivity contribution in [3.63, 3.8) is 0 Å². The van der Waals surface area contributed by atoms with E-state index in [4.69, 9.17) is 14.2 Å². The van der Waals surface area contributed by atoms with Crippen LogP contribution in [0.1, 0.15) is 169 Å². The zero-order valence-electron chi connectivity index (χ0n) is 26.6. The number of allylic oxidation sites excluding steroid dienone is 1. The second-order valence-corrected chi connectivity index (χ2v) is 11.2. The van der Waals surface area contributed by atoms with Gasteiger partial charge in [-0.3, -0.25) is 9.59 Å². The van der Waals surface area contributed by atoms with E-state index in [2.05, 4.69) is 13.8 Å². The van der Waals surface area contributed by atoms with Crippen molar-refractivity contribution >= 4 is 17.9 Å². The first-order valence-electron chi connectivity index (χ1n) is 16.6. The molecular weight excluding hydrogens is 504 g/mol. The van der Waals surface area contributed by atoms with E-state index in [1.807, 2.05) is 0 Å². The van der Waals surface area contributed by atoms with E-state index in [0.717, 1.165) is 38.5 Å². The smallest absolute Gasteiger partial charge is 0.333 e. The maximum absolute atomic E-state index is 12.4. The van der Waals surface area contributed by atoms with E-state index < -0.39 is 12.1 Å². The van der Waals surface area contributed by atoms with Gasteiger partial charge in [0, 0.05) is 18.4 Å². The standard InChI is InChI=1S/C34H62O6/c1-5-8-10-12-14-16-17-19-20-22-24-26-32(35)38-28-31(29-39-34(37)30(4)7-3)40-33(36)27-25-23-21-18-15-13-11-9-6-2/h7,31H,5-6,8-29H2,1-4H3/b30-7-/t31-/m0/s1. The molecule has 0 N–H and O–H groups in total. The Morgan fingerprint density at radius 2 is 0.925 bits per heavy atom. The van der Waals surface area contributed by atoms with Crippen LogP contribution in [0.2, 0.25) is 0 Å². The monoisotopic (exact) mass is 566 g/mol. The average molecular weight is 567 g/mol. The predicted molar refractivity (Wildman–Crippen MR) is 164 cm³/mol. The Labute approximate surface area is 246 Å². The lowest BCUT2D eigenvalue weighted by molar-refractivity contribution is -0.165. The summed E-state index contributed by atoms with van der Waals surface area (Å²) < 4.78 is 16.2. The zero-order valence-corrected chi connectivity index (χ0v) is 26.6. The summed E-state index contributed by atoms with van der Waals surface area (Å²) in [6.07, 6.45) is 25.5. The van der Waals surface area contributed by atoms with E-state index in [-0.39, 0.29) is 25.2 Å². The fraction of sp³-hybridized carbons (Fsp3) is 0.853. The number of carbonyl (C=O) groups is 3. The summed E-state index contributed by atoms with van der Waals surface area (Å²) in [5, 5.41) is 0. The van der Waals surface area contributed by atoms with Gasteiger partial charge < -0.3 is 14.2 Å². The van der Waals surface area contributed by atoms with Crippen LogP contribution in [-0.2, 0) is 28.6 Å². The number of hydrogen-bond donors (Lipinski definition) is 0. The van der Waals surface area contributed by atoms with Crippen molar-refractivity contribution in [3.05, 3.63) is 11.6 Å². The van der Waals surface area contributed by atoms with Gasteiger partial charge in [0.05, 0.1) is 0 Å². The Morgan fingerprint density at radius 3 is 1.35 bits per heavy atom. The zero-order chi connectivity index (χ0) is 29.7. The Bertz CT molecular complexity index is 657. The van der Waals surface area contributed by atoms with Gasteiger partial charge in [-0.05, 0) is 26.7 Å². The maximum Gasteiger partial charge on any atom is 0.333 e. The van der Waals surface area contributed by atoms with E-state index in [1.54, 1.807) is 19.9 Å². The van der Waals surface area contributed by atoms with Crippen molar-refractivity contribution in [1.82, 2.24) is 0 Å². The Balaban J connectivity index is 4.21. The highest BCUT2D eigenvalue weighted by molar-refractivity contribution is 5.87. The second kappa shape index (κ2) is 28.7. The summed E-state index contributed by atoms with van der Waals surface area (Å²) in [4.78, 5) is 36.7. The van der Waals surface area contributed by atoms with Crippen LogP contribution >= 0.6 is 0 Å². The minimum Gasteiger partial charge on any atom is -0.462 e. The number of hydrogen-bond acceptors (Lipinski definition) is 6. The molecule has 40 heavy (non-hydrogen) atoms. The molecule has 0 rings (SSSR count). The van der Waals surface area contributed by atoms with Crippen LogP contribution in [-0.4, -0.2) is 37.2 Å². The molecule has 0 aliphatic rings. The van der Waals surface area contributed by atoms with Gasteiger partial charge in [-0.2, -0.15) is 0 Å². The summed E-state index contributed by atoms with van der Waals surface area (Å²) in [7, 11) is 0. The summed E-state index contributed by atoms with van der Waals surface area (Å²) >= 11 is 0. The van der Waals surface area contributed by atoms with Gasteiger partial charge in [0.1, 0.15) is 13.2 Å². The molecule has 234 valence electrons. The van der Waals surface area contributed by atoms with Crippen LogP contribution in [0.15, 0.2) is 11.6 Å². The summed E-state index contributed by atoms with van der Waals surface area (Å²) in [6, 6.07) is 0. The SMILES string of the molecule is C/C=C(/C)C(=O)OC[C@H](COC(=O)CCCCCCCCCCCCC)OC(=O)CCCCCCCCCCC.